The molecule has 1 amide bonds. The Morgan fingerprint density at radius 1 is 1.53 bits per heavy atom. The van der Waals surface area contributed by atoms with E-state index in [1.54, 1.807) is 4.90 Å². The molecule has 0 fully saturated rings. The Kier molecular flexibility index (Phi) is 6.72. The Hall–Kier alpha value is -1.08. The molecule has 0 aromatic carbocycles. The van der Waals surface area contributed by atoms with E-state index >= 15 is 0 Å². The predicted molar refractivity (Wildman–Crippen MR) is 59.9 cm³/mol. The van der Waals surface area contributed by atoms with Crippen LogP contribution >= 0.6 is 0 Å². The molecule has 0 spiro atoms. The number of nitrogens with zero attached hydrogens (tertiary/aromatic N) is 2. The molecule has 0 aromatic heterocycles. The van der Waals surface area contributed by atoms with Crippen LogP contribution in [0.5, 0.6) is 0 Å². The lowest BCUT2D eigenvalue weighted by atomic mass is 9.99. The first-order valence-corrected chi connectivity index (χ1v) is 5.49. The molecular formula is C11H21N3O. The van der Waals surface area contributed by atoms with Crippen LogP contribution in [-0.4, -0.2) is 29.9 Å². The van der Waals surface area contributed by atoms with Gasteiger partial charge in [0.15, 0.2) is 0 Å². The quantitative estimate of drug-likeness (QED) is 0.715. The van der Waals surface area contributed by atoms with Gasteiger partial charge in [0.2, 0.25) is 5.91 Å². The van der Waals surface area contributed by atoms with Crippen molar-refractivity contribution in [1.82, 2.24) is 4.90 Å². The fourth-order valence-corrected chi connectivity index (χ4v) is 1.32. The molecule has 0 rings (SSSR count). The van der Waals surface area contributed by atoms with Crippen LogP contribution in [0.4, 0.5) is 0 Å². The van der Waals surface area contributed by atoms with Crippen molar-refractivity contribution >= 4 is 5.91 Å². The molecule has 0 aliphatic rings. The zero-order chi connectivity index (χ0) is 11.8. The SMILES string of the molecule is CC[C@H](C)[C@H](N)C(=O)N(CC)CCC#N. The normalized spacial score (nSPS) is 14.1. The van der Waals surface area contributed by atoms with E-state index in [9.17, 15) is 4.79 Å². The molecule has 0 aromatic rings. The Balaban J connectivity index is 4.31. The fourth-order valence-electron chi connectivity index (χ4n) is 1.32. The number of likely N-dealkylation sites (N-methyl/N-ethyl adjacent to an activating group) is 1. The second-order valence-corrected chi connectivity index (χ2v) is 3.74. The van der Waals surface area contributed by atoms with E-state index in [1.807, 2.05) is 26.8 Å². The van der Waals surface area contributed by atoms with Gasteiger partial charge in [0, 0.05) is 13.1 Å². The van der Waals surface area contributed by atoms with Crippen LogP contribution < -0.4 is 5.73 Å². The lowest BCUT2D eigenvalue weighted by molar-refractivity contribution is -0.133. The fraction of sp³-hybridized carbons (Fsp3) is 0.818. The average molecular weight is 211 g/mol. The average Bonchev–Trinajstić information content (AvgIpc) is 2.27. The molecule has 0 aliphatic carbocycles. The third kappa shape index (κ3) is 4.30. The number of carbonyl (C=O) groups excluding carboxylic acids is 1. The van der Waals surface area contributed by atoms with E-state index < -0.39 is 6.04 Å². The lowest BCUT2D eigenvalue weighted by Gasteiger charge is -2.26. The van der Waals surface area contributed by atoms with Gasteiger partial charge in [0.25, 0.3) is 0 Å². The molecule has 0 bridgehead atoms. The Bertz CT molecular complexity index is 234. The molecule has 0 radical (unpaired) electrons. The van der Waals surface area contributed by atoms with Crippen LogP contribution in [0.25, 0.3) is 0 Å². The molecule has 0 saturated carbocycles. The molecule has 0 saturated heterocycles. The minimum absolute atomic E-state index is 0.0397. The molecule has 15 heavy (non-hydrogen) atoms. The first-order valence-electron chi connectivity index (χ1n) is 5.49. The van der Waals surface area contributed by atoms with Crippen LogP contribution in [0.3, 0.4) is 0 Å². The molecule has 4 nitrogen and oxygen atoms in total. The number of hydrogen-bond acceptors (Lipinski definition) is 3. The van der Waals surface area contributed by atoms with Gasteiger partial charge in [0.1, 0.15) is 0 Å². The Morgan fingerprint density at radius 3 is 2.53 bits per heavy atom. The number of hydrogen-bond donors (Lipinski definition) is 1. The third-order valence-electron chi connectivity index (χ3n) is 2.73. The number of carbonyl (C=O) groups is 1. The first-order chi connectivity index (χ1) is 7.08. The lowest BCUT2D eigenvalue weighted by Crippen LogP contribution is -2.47. The second kappa shape index (κ2) is 7.24. The minimum Gasteiger partial charge on any atom is -0.341 e. The van der Waals surface area contributed by atoms with Gasteiger partial charge in [-0.15, -0.1) is 0 Å². The molecule has 86 valence electrons. The highest BCUT2D eigenvalue weighted by Crippen LogP contribution is 2.08. The predicted octanol–water partition coefficient (Wildman–Crippen LogP) is 1.12. The molecule has 4 heteroatoms. The summed E-state index contributed by atoms with van der Waals surface area (Å²) in [5, 5.41) is 8.47. The van der Waals surface area contributed by atoms with Crippen molar-refractivity contribution in [2.24, 2.45) is 11.7 Å². The maximum absolute atomic E-state index is 11.9. The van der Waals surface area contributed by atoms with Crippen molar-refractivity contribution in [3.05, 3.63) is 0 Å². The van der Waals surface area contributed by atoms with E-state index in [2.05, 4.69) is 0 Å². The van der Waals surface area contributed by atoms with Crippen LogP contribution in [0.15, 0.2) is 0 Å². The summed E-state index contributed by atoms with van der Waals surface area (Å²) in [5.41, 5.74) is 5.85. The molecule has 0 aliphatic heterocycles. The highest BCUT2D eigenvalue weighted by Gasteiger charge is 2.23. The summed E-state index contributed by atoms with van der Waals surface area (Å²) in [5.74, 6) is 0.149. The molecule has 0 unspecified atom stereocenters. The van der Waals surface area contributed by atoms with Crippen LogP contribution in [0, 0.1) is 17.2 Å². The highest BCUT2D eigenvalue weighted by atomic mass is 16.2. The van der Waals surface area contributed by atoms with Crippen LogP contribution in [0.2, 0.25) is 0 Å². The summed E-state index contributed by atoms with van der Waals surface area (Å²) < 4.78 is 0. The highest BCUT2D eigenvalue weighted by molar-refractivity contribution is 5.81. The van der Waals surface area contributed by atoms with Crippen LogP contribution in [-0.2, 0) is 4.79 Å². The third-order valence-corrected chi connectivity index (χ3v) is 2.73. The molecular weight excluding hydrogens is 190 g/mol. The summed E-state index contributed by atoms with van der Waals surface area (Å²) in [7, 11) is 0. The van der Waals surface area contributed by atoms with Gasteiger partial charge in [0.05, 0.1) is 18.5 Å². The monoisotopic (exact) mass is 211 g/mol. The van der Waals surface area contributed by atoms with Gasteiger partial charge in [-0.2, -0.15) is 5.26 Å². The van der Waals surface area contributed by atoms with Crippen molar-refractivity contribution in [1.29, 1.82) is 5.26 Å². The van der Waals surface area contributed by atoms with E-state index in [0.29, 0.717) is 19.5 Å². The van der Waals surface area contributed by atoms with Crippen molar-refractivity contribution in [3.8, 4) is 6.07 Å². The summed E-state index contributed by atoms with van der Waals surface area (Å²) >= 11 is 0. The number of nitriles is 1. The second-order valence-electron chi connectivity index (χ2n) is 3.74. The summed E-state index contributed by atoms with van der Waals surface area (Å²) in [4.78, 5) is 13.5. The van der Waals surface area contributed by atoms with Gasteiger partial charge in [-0.05, 0) is 12.8 Å². The number of amides is 1. The standard InChI is InChI=1S/C11H21N3O/c1-4-9(3)10(13)11(15)14(5-2)8-6-7-12/h9-10H,4-6,8,13H2,1-3H3/t9-,10-/m0/s1. The molecule has 2 N–H and O–H groups in total. The van der Waals surface area contributed by atoms with Crippen molar-refractivity contribution in [2.75, 3.05) is 13.1 Å². The van der Waals surface area contributed by atoms with Crippen molar-refractivity contribution in [3.63, 3.8) is 0 Å². The van der Waals surface area contributed by atoms with Gasteiger partial charge in [-0.25, -0.2) is 0 Å². The van der Waals surface area contributed by atoms with Crippen LogP contribution in [0.1, 0.15) is 33.6 Å². The van der Waals surface area contributed by atoms with Gasteiger partial charge in [-0.1, -0.05) is 20.3 Å². The van der Waals surface area contributed by atoms with Gasteiger partial charge in [-0.3, -0.25) is 4.79 Å². The Morgan fingerprint density at radius 2 is 2.13 bits per heavy atom. The maximum atomic E-state index is 11.9. The van der Waals surface area contributed by atoms with Gasteiger partial charge < -0.3 is 10.6 Å². The zero-order valence-corrected chi connectivity index (χ0v) is 9.86. The summed E-state index contributed by atoms with van der Waals surface area (Å²) in [6.45, 7) is 6.99. The zero-order valence-electron chi connectivity index (χ0n) is 9.86. The van der Waals surface area contributed by atoms with E-state index in [4.69, 9.17) is 11.0 Å². The number of nitrogens with two attached hydrogens (primary N) is 1. The minimum atomic E-state index is -0.436. The van der Waals surface area contributed by atoms with E-state index in [-0.39, 0.29) is 11.8 Å². The van der Waals surface area contributed by atoms with Crippen molar-refractivity contribution < 1.29 is 4.79 Å². The Labute approximate surface area is 92.0 Å². The molecule has 0 heterocycles. The topological polar surface area (TPSA) is 70.1 Å². The first kappa shape index (κ1) is 13.9. The van der Waals surface area contributed by atoms with E-state index in [0.717, 1.165) is 6.42 Å². The van der Waals surface area contributed by atoms with E-state index in [1.165, 1.54) is 0 Å². The maximum Gasteiger partial charge on any atom is 0.239 e. The smallest absolute Gasteiger partial charge is 0.239 e. The van der Waals surface area contributed by atoms with Crippen molar-refractivity contribution in [2.45, 2.75) is 39.7 Å². The van der Waals surface area contributed by atoms with Gasteiger partial charge >= 0.3 is 0 Å². The summed E-state index contributed by atoms with van der Waals surface area (Å²) in [6, 6.07) is 1.60. The summed E-state index contributed by atoms with van der Waals surface area (Å²) in [6.07, 6.45) is 1.26. The number of rotatable bonds is 6. The largest absolute Gasteiger partial charge is 0.341 e. The molecule has 2 atom stereocenters.